The molecule has 0 aliphatic heterocycles. The quantitative estimate of drug-likeness (QED) is 0.552. The van der Waals surface area contributed by atoms with Gasteiger partial charge in [-0.1, -0.05) is 11.6 Å². The highest BCUT2D eigenvalue weighted by atomic mass is 35.5. The van der Waals surface area contributed by atoms with Crippen LogP contribution in [-0.4, -0.2) is 20.3 Å². The average molecular weight is 239 g/mol. The van der Waals surface area contributed by atoms with Crippen molar-refractivity contribution in [2.24, 2.45) is 0 Å². The Balaban J connectivity index is 2.70. The lowest BCUT2D eigenvalue weighted by molar-refractivity contribution is 0.316. The van der Waals surface area contributed by atoms with E-state index in [1.165, 1.54) is 6.07 Å². The Labute approximate surface area is 91.0 Å². The van der Waals surface area contributed by atoms with Gasteiger partial charge in [-0.2, -0.15) is 0 Å². The summed E-state index contributed by atoms with van der Waals surface area (Å²) in [5.41, 5.74) is -0.172. The molecular weight excluding hydrogens is 236 g/mol. The fourth-order valence-electron chi connectivity index (χ4n) is 1.48. The minimum atomic E-state index is -0.765. The van der Waals surface area contributed by atoms with Crippen LogP contribution in [0, 0.1) is 0 Å². The molecule has 16 heavy (non-hydrogen) atoms. The van der Waals surface area contributed by atoms with Gasteiger partial charge in [0, 0.05) is 0 Å². The zero-order chi connectivity index (χ0) is 11.3. The summed E-state index contributed by atoms with van der Waals surface area (Å²) < 4.78 is 4.53. The van der Waals surface area contributed by atoms with Crippen molar-refractivity contribution in [3.8, 4) is 0 Å². The van der Waals surface area contributed by atoms with E-state index in [0.29, 0.717) is 22.1 Å². The third-order valence-electron chi connectivity index (χ3n) is 2.18. The lowest BCUT2D eigenvalue weighted by Crippen LogP contribution is -2.28. The van der Waals surface area contributed by atoms with Gasteiger partial charge in [0.2, 0.25) is 0 Å². The zero-order valence-corrected chi connectivity index (χ0v) is 8.33. The summed E-state index contributed by atoms with van der Waals surface area (Å²) in [7, 11) is 0. The van der Waals surface area contributed by atoms with Crippen LogP contribution in [0.25, 0.3) is 22.1 Å². The van der Waals surface area contributed by atoms with Crippen LogP contribution < -0.4 is 11.1 Å². The number of hydrogen-bond acceptors (Lipinski definition) is 5. The topological polar surface area (TPSA) is 105 Å². The van der Waals surface area contributed by atoms with Crippen molar-refractivity contribution in [2.75, 3.05) is 0 Å². The van der Waals surface area contributed by atoms with Gasteiger partial charge < -0.3 is 9.97 Å². The van der Waals surface area contributed by atoms with Gasteiger partial charge in [-0.05, 0) is 16.4 Å². The van der Waals surface area contributed by atoms with Crippen LogP contribution in [0.3, 0.4) is 0 Å². The maximum Gasteiger partial charge on any atom is 0.314 e. The second-order valence-electron chi connectivity index (χ2n) is 3.15. The monoisotopic (exact) mass is 238 g/mol. The van der Waals surface area contributed by atoms with Gasteiger partial charge >= 0.3 is 11.1 Å². The number of rotatable bonds is 0. The number of nitrogens with zero attached hydrogens (tertiary/aromatic N) is 2. The smallest absolute Gasteiger partial charge is 0.314 e. The molecule has 3 aromatic rings. The Morgan fingerprint density at radius 1 is 1.12 bits per heavy atom. The molecule has 0 bridgehead atoms. The largest absolute Gasteiger partial charge is 0.316 e. The fraction of sp³-hybridized carbons (Fsp3) is 0. The van der Waals surface area contributed by atoms with Gasteiger partial charge in [-0.15, -0.1) is 0 Å². The van der Waals surface area contributed by atoms with Crippen LogP contribution in [0.15, 0.2) is 20.3 Å². The van der Waals surface area contributed by atoms with Crippen molar-refractivity contribution in [1.82, 2.24) is 20.3 Å². The molecule has 3 rings (SSSR count). The van der Waals surface area contributed by atoms with E-state index in [0.717, 1.165) is 0 Å². The van der Waals surface area contributed by atoms with Crippen LogP contribution >= 0.6 is 11.6 Å². The minimum Gasteiger partial charge on any atom is -0.316 e. The highest BCUT2D eigenvalue weighted by Crippen LogP contribution is 2.25. The molecule has 2 aromatic heterocycles. The Kier molecular flexibility index (Phi) is 1.66. The SMILES string of the molecule is O=c1[nH]c2cc(Cl)c3nonc3c2[nH]c1=O. The second-order valence-corrected chi connectivity index (χ2v) is 3.56. The number of benzene rings is 1. The highest BCUT2D eigenvalue weighted by Gasteiger charge is 2.12. The predicted octanol–water partition coefficient (Wildman–Crippen LogP) is 0.406. The molecule has 0 unspecified atom stereocenters. The molecule has 1 aromatic carbocycles. The number of fused-ring (bicyclic) bond motifs is 3. The van der Waals surface area contributed by atoms with Gasteiger partial charge in [0.15, 0.2) is 11.0 Å². The van der Waals surface area contributed by atoms with E-state index in [9.17, 15) is 9.59 Å². The lowest BCUT2D eigenvalue weighted by atomic mass is 10.2. The molecule has 7 nitrogen and oxygen atoms in total. The fourth-order valence-corrected chi connectivity index (χ4v) is 1.71. The molecule has 0 saturated heterocycles. The third-order valence-corrected chi connectivity index (χ3v) is 2.47. The van der Waals surface area contributed by atoms with Gasteiger partial charge in [-0.25, -0.2) is 4.63 Å². The summed E-state index contributed by atoms with van der Waals surface area (Å²) in [6, 6.07) is 1.47. The number of hydrogen-bond donors (Lipinski definition) is 2. The zero-order valence-electron chi connectivity index (χ0n) is 7.57. The molecule has 0 spiro atoms. The van der Waals surface area contributed by atoms with Gasteiger partial charge in [-0.3, -0.25) is 9.59 Å². The number of H-pyrrole nitrogens is 2. The first-order chi connectivity index (χ1) is 7.66. The number of aromatic nitrogens is 4. The van der Waals surface area contributed by atoms with E-state index < -0.39 is 11.1 Å². The molecular formula is C8H3ClN4O3. The van der Waals surface area contributed by atoms with Gasteiger partial charge in [0.05, 0.1) is 16.1 Å². The van der Waals surface area contributed by atoms with E-state index in [1.54, 1.807) is 0 Å². The molecule has 0 radical (unpaired) electrons. The maximum absolute atomic E-state index is 11.2. The van der Waals surface area contributed by atoms with E-state index in [-0.39, 0.29) is 5.02 Å². The molecule has 2 heterocycles. The second kappa shape index (κ2) is 2.92. The standard InChI is InChI=1S/C8H3ClN4O3/c9-2-1-3-5(6-4(2)12-16-13-6)11-8(15)7(14)10-3/h1H,(H,10,14)(H,11,15). The summed E-state index contributed by atoms with van der Waals surface area (Å²) in [5.74, 6) is 0. The maximum atomic E-state index is 11.2. The van der Waals surface area contributed by atoms with E-state index in [1.807, 2.05) is 0 Å². The highest BCUT2D eigenvalue weighted by molar-refractivity contribution is 6.36. The van der Waals surface area contributed by atoms with Crippen LogP contribution in [0.5, 0.6) is 0 Å². The summed E-state index contributed by atoms with van der Waals surface area (Å²) in [4.78, 5) is 27.1. The summed E-state index contributed by atoms with van der Waals surface area (Å²) in [5, 5.41) is 7.49. The van der Waals surface area contributed by atoms with E-state index in [2.05, 4.69) is 24.9 Å². The summed E-state index contributed by atoms with van der Waals surface area (Å²) in [6.45, 7) is 0. The Morgan fingerprint density at radius 3 is 2.62 bits per heavy atom. The molecule has 80 valence electrons. The van der Waals surface area contributed by atoms with Crippen LogP contribution in [0.1, 0.15) is 0 Å². The Hall–Kier alpha value is -2.15. The minimum absolute atomic E-state index is 0.284. The van der Waals surface area contributed by atoms with Crippen molar-refractivity contribution in [2.45, 2.75) is 0 Å². The van der Waals surface area contributed by atoms with Crippen molar-refractivity contribution in [3.05, 3.63) is 31.8 Å². The summed E-state index contributed by atoms with van der Waals surface area (Å²) >= 11 is 5.89. The average Bonchev–Trinajstić information content (AvgIpc) is 2.71. The molecule has 0 saturated carbocycles. The first-order valence-corrected chi connectivity index (χ1v) is 4.61. The van der Waals surface area contributed by atoms with Crippen molar-refractivity contribution < 1.29 is 4.63 Å². The number of nitrogens with one attached hydrogen (secondary N) is 2. The predicted molar refractivity (Wildman–Crippen MR) is 55.6 cm³/mol. The van der Waals surface area contributed by atoms with Gasteiger partial charge in [0.25, 0.3) is 0 Å². The number of aromatic amines is 2. The lowest BCUT2D eigenvalue weighted by Gasteiger charge is -1.97. The van der Waals surface area contributed by atoms with Crippen molar-refractivity contribution in [3.63, 3.8) is 0 Å². The van der Waals surface area contributed by atoms with Crippen molar-refractivity contribution >= 4 is 33.7 Å². The third kappa shape index (κ3) is 1.09. The summed E-state index contributed by atoms with van der Waals surface area (Å²) in [6.07, 6.45) is 0. The number of halogens is 1. The first kappa shape index (κ1) is 9.10. The van der Waals surface area contributed by atoms with E-state index >= 15 is 0 Å². The Morgan fingerprint density at radius 2 is 1.81 bits per heavy atom. The molecule has 0 aliphatic carbocycles. The molecule has 0 fully saturated rings. The van der Waals surface area contributed by atoms with Crippen LogP contribution in [0.4, 0.5) is 0 Å². The molecule has 0 amide bonds. The van der Waals surface area contributed by atoms with Crippen molar-refractivity contribution in [1.29, 1.82) is 0 Å². The van der Waals surface area contributed by atoms with Crippen LogP contribution in [-0.2, 0) is 0 Å². The van der Waals surface area contributed by atoms with Crippen LogP contribution in [0.2, 0.25) is 5.02 Å². The molecule has 0 aliphatic rings. The normalized spacial score (nSPS) is 11.3. The molecule has 2 N–H and O–H groups in total. The van der Waals surface area contributed by atoms with Gasteiger partial charge in [0.1, 0.15) is 0 Å². The Bertz CT molecular complexity index is 815. The van der Waals surface area contributed by atoms with E-state index in [4.69, 9.17) is 11.6 Å². The molecule has 8 heteroatoms. The molecule has 0 atom stereocenters. The first-order valence-electron chi connectivity index (χ1n) is 4.24.